The van der Waals surface area contributed by atoms with Crippen LogP contribution in [0.2, 0.25) is 5.02 Å². The van der Waals surface area contributed by atoms with Crippen molar-refractivity contribution in [1.29, 1.82) is 0 Å². The van der Waals surface area contributed by atoms with Crippen molar-refractivity contribution in [2.75, 3.05) is 12.8 Å². The van der Waals surface area contributed by atoms with Gasteiger partial charge in [-0.3, -0.25) is 4.79 Å². The lowest BCUT2D eigenvalue weighted by atomic mass is 10.1. The van der Waals surface area contributed by atoms with E-state index in [-0.39, 0.29) is 23.2 Å². The van der Waals surface area contributed by atoms with E-state index >= 15 is 0 Å². The Kier molecular flexibility index (Phi) is 4.48. The third-order valence-corrected chi connectivity index (χ3v) is 3.79. The second-order valence-corrected chi connectivity index (χ2v) is 5.28. The van der Waals surface area contributed by atoms with Gasteiger partial charge in [-0.2, -0.15) is 0 Å². The number of carbonyl (C=O) groups excluding carboxylic acids is 1. The van der Waals surface area contributed by atoms with Gasteiger partial charge in [0, 0.05) is 12.1 Å². The van der Waals surface area contributed by atoms with Crippen LogP contribution in [-0.4, -0.2) is 17.9 Å². The highest BCUT2D eigenvalue weighted by molar-refractivity contribution is 6.30. The summed E-state index contributed by atoms with van der Waals surface area (Å²) in [6.07, 6.45) is 0. The van der Waals surface area contributed by atoms with E-state index in [1.807, 2.05) is 19.1 Å². The summed E-state index contributed by atoms with van der Waals surface area (Å²) in [5, 5.41) is 0.634. The Balaban J connectivity index is 2.26. The van der Waals surface area contributed by atoms with Crippen molar-refractivity contribution < 1.29 is 9.18 Å². The molecule has 0 radical (unpaired) electrons. The van der Waals surface area contributed by atoms with Crippen LogP contribution in [0.25, 0.3) is 0 Å². The minimum atomic E-state index is -0.589. The maximum Gasteiger partial charge on any atom is 0.256 e. The van der Waals surface area contributed by atoms with Crippen LogP contribution < -0.4 is 5.73 Å². The van der Waals surface area contributed by atoms with Crippen molar-refractivity contribution in [3.05, 3.63) is 64.4 Å². The molecule has 1 unspecified atom stereocenters. The average Bonchev–Trinajstić information content (AvgIpc) is 2.48. The van der Waals surface area contributed by atoms with E-state index in [1.54, 1.807) is 19.2 Å². The molecule has 1 atom stereocenters. The summed E-state index contributed by atoms with van der Waals surface area (Å²) in [7, 11) is 1.66. The molecule has 2 rings (SSSR count). The number of hydrogen-bond donors (Lipinski definition) is 1. The first-order valence-corrected chi connectivity index (χ1v) is 6.86. The molecule has 2 aromatic carbocycles. The molecule has 0 bridgehead atoms. The predicted octanol–water partition coefficient (Wildman–Crippen LogP) is 3.89. The summed E-state index contributed by atoms with van der Waals surface area (Å²) in [4.78, 5) is 14.0. The first kappa shape index (κ1) is 15.3. The van der Waals surface area contributed by atoms with Gasteiger partial charge in [0.2, 0.25) is 0 Å². The maximum atomic E-state index is 13.5. The molecule has 0 aliphatic rings. The van der Waals surface area contributed by atoms with E-state index in [4.69, 9.17) is 17.3 Å². The number of anilines is 1. The third kappa shape index (κ3) is 3.16. The lowest BCUT2D eigenvalue weighted by molar-refractivity contribution is 0.0743. The molecule has 3 nitrogen and oxygen atoms in total. The molecule has 110 valence electrons. The molecule has 0 aromatic heterocycles. The Hall–Kier alpha value is -2.07. The summed E-state index contributed by atoms with van der Waals surface area (Å²) in [6.45, 7) is 1.89. The average molecular weight is 307 g/mol. The molecule has 0 aliphatic heterocycles. The zero-order valence-corrected chi connectivity index (χ0v) is 12.6. The number of nitrogen functional groups attached to an aromatic ring is 1. The molecule has 21 heavy (non-hydrogen) atoms. The highest BCUT2D eigenvalue weighted by Gasteiger charge is 2.21. The highest BCUT2D eigenvalue weighted by Crippen LogP contribution is 2.24. The normalized spacial score (nSPS) is 12.0. The van der Waals surface area contributed by atoms with E-state index in [0.717, 1.165) is 5.56 Å². The first-order chi connectivity index (χ1) is 9.91. The number of hydrogen-bond acceptors (Lipinski definition) is 2. The Morgan fingerprint density at radius 3 is 2.48 bits per heavy atom. The number of benzene rings is 2. The van der Waals surface area contributed by atoms with E-state index in [2.05, 4.69) is 0 Å². The lowest BCUT2D eigenvalue weighted by Gasteiger charge is -2.26. The van der Waals surface area contributed by atoms with Gasteiger partial charge in [-0.15, -0.1) is 0 Å². The van der Waals surface area contributed by atoms with Gasteiger partial charge in [0.1, 0.15) is 5.82 Å². The number of nitrogens with zero attached hydrogens (tertiary/aromatic N) is 1. The Labute approximate surface area is 128 Å². The van der Waals surface area contributed by atoms with Gasteiger partial charge in [-0.05, 0) is 36.8 Å². The van der Waals surface area contributed by atoms with E-state index < -0.39 is 5.82 Å². The summed E-state index contributed by atoms with van der Waals surface area (Å²) in [5.41, 5.74) is 6.61. The molecule has 5 heteroatoms. The lowest BCUT2D eigenvalue weighted by Crippen LogP contribution is -2.30. The summed E-state index contributed by atoms with van der Waals surface area (Å²) in [5.74, 6) is -0.914. The molecule has 1 amide bonds. The number of rotatable bonds is 3. The Morgan fingerprint density at radius 1 is 1.24 bits per heavy atom. The summed E-state index contributed by atoms with van der Waals surface area (Å²) in [6, 6.07) is 11.3. The number of nitrogens with two attached hydrogens (primary N) is 1. The smallest absolute Gasteiger partial charge is 0.256 e. The monoisotopic (exact) mass is 306 g/mol. The van der Waals surface area contributed by atoms with Gasteiger partial charge in [-0.25, -0.2) is 4.39 Å². The van der Waals surface area contributed by atoms with Crippen molar-refractivity contribution >= 4 is 23.2 Å². The second-order valence-electron chi connectivity index (χ2n) is 4.84. The van der Waals surface area contributed by atoms with E-state index in [1.165, 1.54) is 23.1 Å². The van der Waals surface area contributed by atoms with Crippen molar-refractivity contribution in [2.45, 2.75) is 13.0 Å². The minimum absolute atomic E-state index is 0.127. The molecule has 0 saturated carbocycles. The molecule has 0 fully saturated rings. The molecule has 0 saturated heterocycles. The zero-order valence-electron chi connectivity index (χ0n) is 11.8. The SMILES string of the molecule is CC(c1ccc(Cl)cc1)N(C)C(=O)c1cccc(F)c1N. The fraction of sp³-hybridized carbons (Fsp3) is 0.188. The van der Waals surface area contributed by atoms with Crippen molar-refractivity contribution in [3.63, 3.8) is 0 Å². The predicted molar refractivity (Wildman–Crippen MR) is 82.8 cm³/mol. The van der Waals surface area contributed by atoms with Gasteiger partial charge >= 0.3 is 0 Å². The molecular weight excluding hydrogens is 291 g/mol. The van der Waals surface area contributed by atoms with Crippen LogP contribution in [0.3, 0.4) is 0 Å². The Morgan fingerprint density at radius 2 is 1.86 bits per heavy atom. The Bertz CT molecular complexity index is 658. The highest BCUT2D eigenvalue weighted by atomic mass is 35.5. The second kappa shape index (κ2) is 6.14. The van der Waals surface area contributed by atoms with Gasteiger partial charge in [-0.1, -0.05) is 29.8 Å². The van der Waals surface area contributed by atoms with Crippen molar-refractivity contribution in [3.8, 4) is 0 Å². The molecular formula is C16H16ClFN2O. The molecule has 0 heterocycles. The van der Waals surface area contributed by atoms with Crippen LogP contribution >= 0.6 is 11.6 Å². The zero-order chi connectivity index (χ0) is 15.6. The summed E-state index contributed by atoms with van der Waals surface area (Å²) < 4.78 is 13.5. The molecule has 2 aromatic rings. The summed E-state index contributed by atoms with van der Waals surface area (Å²) >= 11 is 5.85. The number of carbonyl (C=O) groups is 1. The molecule has 2 N–H and O–H groups in total. The van der Waals surface area contributed by atoms with Gasteiger partial charge in [0.15, 0.2) is 0 Å². The molecule has 0 aliphatic carbocycles. The van der Waals surface area contributed by atoms with Gasteiger partial charge < -0.3 is 10.6 Å². The quantitative estimate of drug-likeness (QED) is 0.874. The molecule has 0 spiro atoms. The van der Waals surface area contributed by atoms with Crippen molar-refractivity contribution in [1.82, 2.24) is 4.90 Å². The van der Waals surface area contributed by atoms with E-state index in [0.29, 0.717) is 5.02 Å². The van der Waals surface area contributed by atoms with Gasteiger partial charge in [0.05, 0.1) is 17.3 Å². The third-order valence-electron chi connectivity index (χ3n) is 3.54. The van der Waals surface area contributed by atoms with Gasteiger partial charge in [0.25, 0.3) is 5.91 Å². The first-order valence-electron chi connectivity index (χ1n) is 6.48. The fourth-order valence-corrected chi connectivity index (χ4v) is 2.18. The minimum Gasteiger partial charge on any atom is -0.396 e. The van der Waals surface area contributed by atoms with Crippen LogP contribution in [0.15, 0.2) is 42.5 Å². The fourth-order valence-electron chi connectivity index (χ4n) is 2.05. The van der Waals surface area contributed by atoms with Crippen LogP contribution in [0.4, 0.5) is 10.1 Å². The van der Waals surface area contributed by atoms with Crippen LogP contribution in [0.1, 0.15) is 28.9 Å². The topological polar surface area (TPSA) is 46.3 Å². The number of amides is 1. The van der Waals surface area contributed by atoms with Crippen LogP contribution in [0.5, 0.6) is 0 Å². The van der Waals surface area contributed by atoms with E-state index in [9.17, 15) is 9.18 Å². The number of halogens is 2. The van der Waals surface area contributed by atoms with Crippen LogP contribution in [-0.2, 0) is 0 Å². The standard InChI is InChI=1S/C16H16ClFN2O/c1-10(11-6-8-12(17)9-7-11)20(2)16(21)13-4-3-5-14(18)15(13)19/h3-10H,19H2,1-2H3. The largest absolute Gasteiger partial charge is 0.396 e. The van der Waals surface area contributed by atoms with Crippen LogP contribution in [0, 0.1) is 5.82 Å². The number of para-hydroxylation sites is 1. The van der Waals surface area contributed by atoms with Crippen molar-refractivity contribution in [2.24, 2.45) is 0 Å². The maximum absolute atomic E-state index is 13.5.